The molecule has 0 bridgehead atoms. The summed E-state index contributed by atoms with van der Waals surface area (Å²) >= 11 is 0. The number of benzene rings is 8. The first-order valence-corrected chi connectivity index (χ1v) is 18.1. The summed E-state index contributed by atoms with van der Waals surface area (Å²) in [7, 11) is 0. The highest BCUT2D eigenvalue weighted by atomic mass is 15.1. The second kappa shape index (κ2) is 10.4. The molecule has 2 aliphatic rings. The van der Waals surface area contributed by atoms with Gasteiger partial charge in [0.2, 0.25) is 0 Å². The van der Waals surface area contributed by atoms with E-state index in [1.165, 1.54) is 88.2 Å². The molecule has 2 aromatic heterocycles. The Bertz CT molecular complexity index is 3080. The average Bonchev–Trinajstić information content (AvgIpc) is 3.74. The average molecular weight is 660 g/mol. The second-order valence-corrected chi connectivity index (χ2v) is 14.0. The van der Waals surface area contributed by atoms with E-state index < -0.39 is 0 Å². The van der Waals surface area contributed by atoms with E-state index in [0.29, 0.717) is 0 Å². The van der Waals surface area contributed by atoms with Crippen molar-refractivity contribution >= 4 is 72.8 Å². The van der Waals surface area contributed by atoms with Crippen molar-refractivity contribution in [2.45, 2.75) is 0 Å². The lowest BCUT2D eigenvalue weighted by Crippen LogP contribution is -2.59. The van der Waals surface area contributed by atoms with E-state index in [1.807, 2.05) is 0 Å². The van der Waals surface area contributed by atoms with Gasteiger partial charge in [-0.2, -0.15) is 0 Å². The summed E-state index contributed by atoms with van der Waals surface area (Å²) < 4.78 is 4.92. The molecule has 0 amide bonds. The first-order chi connectivity index (χ1) is 25.9. The molecule has 12 rings (SSSR count). The largest absolute Gasteiger partial charge is 0.375 e. The third-order valence-electron chi connectivity index (χ3n) is 11.5. The normalized spacial score (nSPS) is 12.9. The highest BCUT2D eigenvalue weighted by molar-refractivity contribution is 6.92. The summed E-state index contributed by atoms with van der Waals surface area (Å²) in [6.07, 6.45) is 0. The number of hydrogen-bond donors (Lipinski definition) is 0. The van der Waals surface area contributed by atoms with E-state index in [-0.39, 0.29) is 6.85 Å². The van der Waals surface area contributed by atoms with Gasteiger partial charge in [0.15, 0.2) is 0 Å². The molecule has 0 fully saturated rings. The van der Waals surface area contributed by atoms with Gasteiger partial charge >= 0.3 is 6.85 Å². The Morgan fingerprint density at radius 1 is 0.327 bits per heavy atom. The van der Waals surface area contributed by atoms with Crippen LogP contribution in [0.3, 0.4) is 0 Å². The van der Waals surface area contributed by atoms with Crippen LogP contribution in [0.1, 0.15) is 0 Å². The zero-order valence-corrected chi connectivity index (χ0v) is 28.2. The Morgan fingerprint density at radius 3 is 1.54 bits per heavy atom. The van der Waals surface area contributed by atoms with Gasteiger partial charge in [0.05, 0.1) is 22.1 Å². The molecular formula is C48H30BN3. The fourth-order valence-electron chi connectivity index (χ4n) is 9.52. The standard InChI is InChI=1S/C48H30BN3/c1-3-15-31(16-4-1)50-40-25-13-10-22-37(40)45-42(50)29-30-43-46(45)47-44(51(43)32-17-5-2-6-18-32)28-27-36-34-20-8-12-24-39(34)49-38-23-11-7-19-33(38)35-21-9-14-26-41(35)52(49)48(36)47/h1-30H. The van der Waals surface area contributed by atoms with Crippen LogP contribution in [0.25, 0.3) is 77.2 Å². The number of para-hydroxylation sites is 4. The van der Waals surface area contributed by atoms with Gasteiger partial charge in [0, 0.05) is 55.4 Å². The molecule has 0 spiro atoms. The number of anilines is 2. The molecular weight excluding hydrogens is 629 g/mol. The van der Waals surface area contributed by atoms with Crippen LogP contribution in [0.4, 0.5) is 11.4 Å². The van der Waals surface area contributed by atoms with Gasteiger partial charge in [0.1, 0.15) is 0 Å². The molecule has 3 nitrogen and oxygen atoms in total. The Hall–Kier alpha value is -6.78. The van der Waals surface area contributed by atoms with E-state index in [1.54, 1.807) is 0 Å². The first kappa shape index (κ1) is 28.0. The molecule has 0 radical (unpaired) electrons. The molecule has 0 atom stereocenters. The minimum atomic E-state index is 0.0281. The topological polar surface area (TPSA) is 13.1 Å². The molecule has 0 aliphatic carbocycles. The lowest BCUT2D eigenvalue weighted by Gasteiger charge is -2.43. The molecule has 4 heterocycles. The third-order valence-corrected chi connectivity index (χ3v) is 11.5. The summed E-state index contributed by atoms with van der Waals surface area (Å²) in [5, 5.41) is 5.11. The highest BCUT2D eigenvalue weighted by Gasteiger charge is 2.43. The molecule has 0 N–H and O–H groups in total. The van der Waals surface area contributed by atoms with E-state index in [4.69, 9.17) is 0 Å². The van der Waals surface area contributed by atoms with Crippen LogP contribution in [0.2, 0.25) is 0 Å². The molecule has 52 heavy (non-hydrogen) atoms. The zero-order valence-electron chi connectivity index (χ0n) is 28.2. The lowest BCUT2D eigenvalue weighted by molar-refractivity contribution is 1.17. The number of nitrogens with zero attached hydrogens (tertiary/aromatic N) is 3. The zero-order chi connectivity index (χ0) is 33.9. The monoisotopic (exact) mass is 659 g/mol. The minimum absolute atomic E-state index is 0.0281. The fourth-order valence-corrected chi connectivity index (χ4v) is 9.52. The van der Waals surface area contributed by atoms with Crippen LogP contribution in [0.15, 0.2) is 182 Å². The minimum Gasteiger partial charge on any atom is -0.375 e. The van der Waals surface area contributed by atoms with Crippen molar-refractivity contribution in [2.24, 2.45) is 0 Å². The van der Waals surface area contributed by atoms with Crippen LogP contribution in [0.5, 0.6) is 0 Å². The summed E-state index contributed by atoms with van der Waals surface area (Å²) in [6, 6.07) is 67.1. The van der Waals surface area contributed by atoms with Gasteiger partial charge in [-0.05, 0) is 76.6 Å². The molecule has 0 unspecified atom stereocenters. The molecule has 4 heteroatoms. The molecule has 8 aromatic carbocycles. The molecule has 10 aromatic rings. The predicted molar refractivity (Wildman–Crippen MR) is 220 cm³/mol. The molecule has 2 aliphatic heterocycles. The maximum absolute atomic E-state index is 2.67. The second-order valence-electron chi connectivity index (χ2n) is 14.0. The van der Waals surface area contributed by atoms with Gasteiger partial charge in [-0.3, -0.25) is 0 Å². The van der Waals surface area contributed by atoms with Crippen molar-refractivity contribution < 1.29 is 0 Å². The maximum Gasteiger partial charge on any atom is 0.329 e. The first-order valence-electron chi connectivity index (χ1n) is 18.1. The SMILES string of the molecule is c1ccc(-n2c3ccccc3c3c4c5c6c(ccc5n(-c5ccccc5)c4ccc32)-c2ccccc2B2c3ccccc3-c3ccccc3N26)cc1. The number of rotatable bonds is 2. The van der Waals surface area contributed by atoms with Crippen LogP contribution in [-0.4, -0.2) is 16.0 Å². The van der Waals surface area contributed by atoms with Crippen molar-refractivity contribution in [3.63, 3.8) is 0 Å². The summed E-state index contributed by atoms with van der Waals surface area (Å²) in [5.41, 5.74) is 17.5. The highest BCUT2D eigenvalue weighted by Crippen LogP contribution is 2.53. The van der Waals surface area contributed by atoms with Gasteiger partial charge in [-0.15, -0.1) is 0 Å². The van der Waals surface area contributed by atoms with E-state index >= 15 is 0 Å². The Labute approximate surface area is 301 Å². The van der Waals surface area contributed by atoms with Crippen LogP contribution >= 0.6 is 0 Å². The smallest absolute Gasteiger partial charge is 0.329 e. The quantitative estimate of drug-likeness (QED) is 0.168. The Morgan fingerprint density at radius 2 is 0.827 bits per heavy atom. The Kier molecular flexibility index (Phi) is 5.58. The number of fused-ring (bicyclic) bond motifs is 19. The number of hydrogen-bond acceptors (Lipinski definition) is 1. The Balaban J connectivity index is 1.33. The molecule has 0 saturated heterocycles. The predicted octanol–water partition coefficient (Wildman–Crippen LogP) is 10.8. The molecule has 0 saturated carbocycles. The van der Waals surface area contributed by atoms with E-state index in [9.17, 15) is 0 Å². The third kappa shape index (κ3) is 3.56. The number of aromatic nitrogens is 2. The van der Waals surface area contributed by atoms with Crippen molar-refractivity contribution in [3.8, 4) is 33.6 Å². The van der Waals surface area contributed by atoms with Crippen molar-refractivity contribution in [1.29, 1.82) is 0 Å². The van der Waals surface area contributed by atoms with Gasteiger partial charge in [-0.1, -0.05) is 127 Å². The molecule has 240 valence electrons. The fraction of sp³-hybridized carbons (Fsp3) is 0. The van der Waals surface area contributed by atoms with Gasteiger partial charge in [0.25, 0.3) is 0 Å². The lowest BCUT2D eigenvalue weighted by atomic mass is 9.43. The van der Waals surface area contributed by atoms with Crippen molar-refractivity contribution in [3.05, 3.63) is 182 Å². The van der Waals surface area contributed by atoms with Crippen LogP contribution < -0.4 is 15.7 Å². The van der Waals surface area contributed by atoms with Crippen LogP contribution in [-0.2, 0) is 0 Å². The summed E-state index contributed by atoms with van der Waals surface area (Å²) in [5.74, 6) is 0. The summed E-state index contributed by atoms with van der Waals surface area (Å²) in [6.45, 7) is 0.0281. The maximum atomic E-state index is 2.67. The summed E-state index contributed by atoms with van der Waals surface area (Å²) in [4.78, 5) is 2.67. The van der Waals surface area contributed by atoms with E-state index in [0.717, 1.165) is 11.4 Å². The van der Waals surface area contributed by atoms with Crippen molar-refractivity contribution in [1.82, 2.24) is 9.13 Å². The van der Waals surface area contributed by atoms with Gasteiger partial charge in [-0.25, -0.2) is 0 Å². The van der Waals surface area contributed by atoms with Gasteiger partial charge < -0.3 is 13.9 Å². The van der Waals surface area contributed by atoms with E-state index in [2.05, 4.69) is 196 Å². The van der Waals surface area contributed by atoms with Crippen LogP contribution in [0, 0.1) is 0 Å². The van der Waals surface area contributed by atoms with Crippen molar-refractivity contribution in [2.75, 3.05) is 4.81 Å².